The van der Waals surface area contributed by atoms with E-state index in [0.717, 1.165) is 56.3 Å². The Kier molecular flexibility index (Phi) is 30.0. The van der Waals surface area contributed by atoms with Crippen molar-refractivity contribution in [3.8, 4) is 0 Å². The van der Waals surface area contributed by atoms with Gasteiger partial charge >= 0.3 is 6.09 Å². The van der Waals surface area contributed by atoms with Crippen LogP contribution in [0.5, 0.6) is 0 Å². The van der Waals surface area contributed by atoms with Gasteiger partial charge in [0, 0.05) is 26.4 Å². The molecule has 0 radical (unpaired) electrons. The Morgan fingerprint density at radius 3 is 1.32 bits per heavy atom. The fraction of sp³-hybridized carbons (Fsp3) is 0.735. The van der Waals surface area contributed by atoms with Gasteiger partial charge in [-0.25, -0.2) is 4.79 Å². The first-order chi connectivity index (χ1) is 30.7. The monoisotopic (exact) mass is 892 g/mol. The lowest BCUT2D eigenvalue weighted by atomic mass is 10.2. The highest BCUT2D eigenvalue weighted by atomic mass is 16.6. The van der Waals surface area contributed by atoms with Gasteiger partial charge in [-0.05, 0) is 51.2 Å². The van der Waals surface area contributed by atoms with Crippen LogP contribution in [0.3, 0.4) is 0 Å². The first kappa shape index (κ1) is 54.6. The number of amides is 1. The number of ether oxygens (including phenoxy) is 12. The van der Waals surface area contributed by atoms with Gasteiger partial charge in [0.25, 0.3) is 0 Å². The molecule has 0 aliphatic carbocycles. The third-order valence-electron chi connectivity index (χ3n) is 9.52. The van der Waals surface area contributed by atoms with E-state index in [-0.39, 0.29) is 70.1 Å². The summed E-state index contributed by atoms with van der Waals surface area (Å²) < 4.78 is 72.6. The SMILES string of the molecule is CCCCOC(CNC(=O)OC(C)(C)C)COCC(COCC(COCC(COCC(COCC1CO1)OCCCC)OCCCC)OCc1ccccc1)OCc1ccccc1. The molecule has 1 aliphatic rings. The number of unbranched alkanes of at least 4 members (excludes halogenated alkanes) is 3. The molecular formula is C49H81NO13. The maximum absolute atomic E-state index is 12.4. The van der Waals surface area contributed by atoms with Crippen molar-refractivity contribution in [2.75, 3.05) is 99.0 Å². The summed E-state index contributed by atoms with van der Waals surface area (Å²) in [6, 6.07) is 20.0. The molecule has 2 aromatic carbocycles. The van der Waals surface area contributed by atoms with Crippen LogP contribution in [0.2, 0.25) is 0 Å². The molecule has 0 bridgehead atoms. The van der Waals surface area contributed by atoms with Gasteiger partial charge in [0.1, 0.15) is 36.1 Å². The van der Waals surface area contributed by atoms with Gasteiger partial charge in [-0.1, -0.05) is 101 Å². The molecule has 1 heterocycles. The summed E-state index contributed by atoms with van der Waals surface area (Å²) in [5.74, 6) is 0. The summed E-state index contributed by atoms with van der Waals surface area (Å²) in [6.45, 7) is 18.9. The lowest BCUT2D eigenvalue weighted by molar-refractivity contribution is -0.121. The Bertz CT molecular complexity index is 1360. The molecule has 63 heavy (non-hydrogen) atoms. The Balaban J connectivity index is 1.58. The standard InChI is InChI=1S/C49H81NO13/c1-7-10-23-57-42(26-50-48(51)63-49(4,5)6)29-52-34-45(60-27-40-19-15-13-16-20-40)36-56-37-46(61-28-41-21-17-14-18-22-41)35-54-32-43(58-24-11-8-2)30-53-31-44(59-25-12-9-3)33-55-38-47-39-62-47/h13-22,42-47H,7-12,23-39H2,1-6H3,(H,50,51). The average Bonchev–Trinajstić information content (AvgIpc) is 4.10. The number of hydrogen-bond acceptors (Lipinski definition) is 13. The van der Waals surface area contributed by atoms with Crippen molar-refractivity contribution >= 4 is 6.09 Å². The molecular weight excluding hydrogens is 811 g/mol. The van der Waals surface area contributed by atoms with Gasteiger partial charge in [-0.3, -0.25) is 0 Å². The average molecular weight is 892 g/mol. The Morgan fingerprint density at radius 1 is 0.571 bits per heavy atom. The quantitative estimate of drug-likeness (QED) is 0.0516. The van der Waals surface area contributed by atoms with Crippen molar-refractivity contribution in [2.45, 2.75) is 136 Å². The van der Waals surface area contributed by atoms with Crippen molar-refractivity contribution in [3.63, 3.8) is 0 Å². The molecule has 6 unspecified atom stereocenters. The number of nitrogens with one attached hydrogen (secondary N) is 1. The third-order valence-corrected chi connectivity index (χ3v) is 9.52. The Morgan fingerprint density at radius 2 is 0.937 bits per heavy atom. The minimum Gasteiger partial charge on any atom is -0.444 e. The zero-order valence-corrected chi connectivity index (χ0v) is 39.3. The molecule has 0 spiro atoms. The van der Waals surface area contributed by atoms with Crippen LogP contribution in [0, 0.1) is 0 Å². The zero-order valence-electron chi connectivity index (χ0n) is 39.3. The Labute approximate surface area is 378 Å². The van der Waals surface area contributed by atoms with E-state index in [4.69, 9.17) is 56.8 Å². The van der Waals surface area contributed by atoms with E-state index < -0.39 is 17.8 Å². The summed E-state index contributed by atoms with van der Waals surface area (Å²) in [7, 11) is 0. The van der Waals surface area contributed by atoms with Crippen LogP contribution in [0.15, 0.2) is 60.7 Å². The number of benzene rings is 2. The molecule has 1 N–H and O–H groups in total. The van der Waals surface area contributed by atoms with E-state index in [1.807, 2.05) is 81.4 Å². The highest BCUT2D eigenvalue weighted by Crippen LogP contribution is 2.12. The van der Waals surface area contributed by atoms with E-state index in [2.05, 4.69) is 26.1 Å². The predicted molar refractivity (Wildman–Crippen MR) is 242 cm³/mol. The zero-order chi connectivity index (χ0) is 45.2. The van der Waals surface area contributed by atoms with E-state index in [9.17, 15) is 4.79 Å². The maximum atomic E-state index is 12.4. The number of carbonyl (C=O) groups is 1. The molecule has 14 heteroatoms. The van der Waals surface area contributed by atoms with Crippen molar-refractivity contribution in [1.29, 1.82) is 0 Å². The van der Waals surface area contributed by atoms with Crippen LogP contribution in [-0.2, 0) is 70.1 Å². The minimum atomic E-state index is -0.602. The van der Waals surface area contributed by atoms with Crippen LogP contribution in [0.1, 0.15) is 91.2 Å². The topological polar surface area (TPSA) is 143 Å². The van der Waals surface area contributed by atoms with Gasteiger partial charge in [0.05, 0.1) is 92.0 Å². The molecule has 6 atom stereocenters. The highest BCUT2D eigenvalue weighted by molar-refractivity contribution is 5.67. The number of alkyl carbamates (subject to hydrolysis) is 1. The molecule has 1 aliphatic heterocycles. The number of epoxide rings is 1. The fourth-order valence-corrected chi connectivity index (χ4v) is 5.83. The number of hydrogen-bond donors (Lipinski definition) is 1. The van der Waals surface area contributed by atoms with Gasteiger partial charge < -0.3 is 62.2 Å². The van der Waals surface area contributed by atoms with Crippen molar-refractivity contribution in [2.24, 2.45) is 0 Å². The predicted octanol–water partition coefficient (Wildman–Crippen LogP) is 7.72. The maximum Gasteiger partial charge on any atom is 0.407 e. The molecule has 1 saturated heterocycles. The van der Waals surface area contributed by atoms with E-state index >= 15 is 0 Å². The van der Waals surface area contributed by atoms with E-state index in [1.54, 1.807) is 0 Å². The van der Waals surface area contributed by atoms with Gasteiger partial charge in [0.15, 0.2) is 0 Å². The second-order valence-electron chi connectivity index (χ2n) is 16.9. The number of rotatable bonds is 40. The van der Waals surface area contributed by atoms with Crippen molar-refractivity contribution < 1.29 is 61.6 Å². The molecule has 0 saturated carbocycles. The third kappa shape index (κ3) is 29.4. The lowest BCUT2D eigenvalue weighted by Gasteiger charge is -2.25. The van der Waals surface area contributed by atoms with Crippen molar-refractivity contribution in [1.82, 2.24) is 5.32 Å². The Hall–Kier alpha value is -2.73. The smallest absolute Gasteiger partial charge is 0.407 e. The summed E-state index contributed by atoms with van der Waals surface area (Å²) in [4.78, 5) is 12.4. The van der Waals surface area contributed by atoms with Crippen LogP contribution >= 0.6 is 0 Å². The molecule has 3 rings (SSSR count). The highest BCUT2D eigenvalue weighted by Gasteiger charge is 2.24. The van der Waals surface area contributed by atoms with E-state index in [0.29, 0.717) is 66.1 Å². The second-order valence-corrected chi connectivity index (χ2v) is 16.9. The fourth-order valence-electron chi connectivity index (χ4n) is 5.83. The first-order valence-electron chi connectivity index (χ1n) is 23.3. The van der Waals surface area contributed by atoms with Crippen molar-refractivity contribution in [3.05, 3.63) is 71.8 Å². The molecule has 0 aromatic heterocycles. The summed E-state index contributed by atoms with van der Waals surface area (Å²) in [6.07, 6.45) is 4.02. The minimum absolute atomic E-state index is 0.173. The van der Waals surface area contributed by atoms with Crippen LogP contribution in [-0.4, -0.2) is 147 Å². The van der Waals surface area contributed by atoms with Gasteiger partial charge in [-0.15, -0.1) is 0 Å². The van der Waals surface area contributed by atoms with Gasteiger partial charge in [0.2, 0.25) is 0 Å². The first-order valence-corrected chi connectivity index (χ1v) is 23.3. The van der Waals surface area contributed by atoms with Crippen LogP contribution in [0.4, 0.5) is 4.79 Å². The molecule has 14 nitrogen and oxygen atoms in total. The van der Waals surface area contributed by atoms with Gasteiger partial charge in [-0.2, -0.15) is 0 Å². The molecule has 360 valence electrons. The van der Waals surface area contributed by atoms with E-state index in [1.165, 1.54) is 0 Å². The summed E-state index contributed by atoms with van der Waals surface area (Å²) in [5, 5.41) is 2.82. The summed E-state index contributed by atoms with van der Waals surface area (Å²) >= 11 is 0. The lowest BCUT2D eigenvalue weighted by Crippen LogP contribution is -2.40. The normalized spacial score (nSPS) is 16.3. The molecule has 2 aromatic rings. The molecule has 1 amide bonds. The van der Waals surface area contributed by atoms with Crippen LogP contribution < -0.4 is 5.32 Å². The largest absolute Gasteiger partial charge is 0.444 e. The number of carbonyl (C=O) groups excluding carboxylic acids is 1. The van der Waals surface area contributed by atoms with Crippen LogP contribution in [0.25, 0.3) is 0 Å². The molecule has 1 fully saturated rings. The summed E-state index contributed by atoms with van der Waals surface area (Å²) in [5.41, 5.74) is 1.49. The second kappa shape index (κ2) is 34.6.